The molecule has 0 aliphatic rings. The standard InChI is InChI=1S/C18H11N3O3S/c19-9-14-15(20-18(25)21-16(14)22)11-6-4-10(5-7-11)12-2-1-3-13(8-12)17(23)24/h1-8H,(H,23,24)(H2,20,21,22,25). The molecule has 3 N–H and O–H groups in total. The largest absolute Gasteiger partial charge is 0.478 e. The number of carboxylic acids is 1. The van der Waals surface area contributed by atoms with Crippen molar-refractivity contribution in [3.63, 3.8) is 0 Å². The lowest BCUT2D eigenvalue weighted by molar-refractivity contribution is 0.0697. The maximum Gasteiger partial charge on any atom is 0.335 e. The molecule has 7 heteroatoms. The summed E-state index contributed by atoms with van der Waals surface area (Å²) in [6, 6.07) is 15.5. The van der Waals surface area contributed by atoms with Gasteiger partial charge in [0.05, 0.1) is 11.3 Å². The second-order valence-electron chi connectivity index (χ2n) is 5.23. The van der Waals surface area contributed by atoms with E-state index in [9.17, 15) is 14.9 Å². The average molecular weight is 349 g/mol. The Morgan fingerprint density at radius 2 is 1.72 bits per heavy atom. The molecule has 122 valence electrons. The lowest BCUT2D eigenvalue weighted by atomic mass is 10.00. The van der Waals surface area contributed by atoms with Crippen molar-refractivity contribution < 1.29 is 9.90 Å². The van der Waals surface area contributed by atoms with E-state index in [0.29, 0.717) is 11.3 Å². The van der Waals surface area contributed by atoms with E-state index in [-0.39, 0.29) is 15.9 Å². The monoisotopic (exact) mass is 349 g/mol. The molecule has 3 rings (SSSR count). The Hall–Kier alpha value is -3.50. The minimum Gasteiger partial charge on any atom is -0.478 e. The highest BCUT2D eigenvalue weighted by Crippen LogP contribution is 2.25. The van der Waals surface area contributed by atoms with E-state index in [0.717, 1.165) is 11.1 Å². The molecule has 1 heterocycles. The van der Waals surface area contributed by atoms with Crippen LogP contribution in [0.15, 0.2) is 53.3 Å². The number of nitriles is 1. The van der Waals surface area contributed by atoms with E-state index in [1.165, 1.54) is 6.07 Å². The Balaban J connectivity index is 2.06. The van der Waals surface area contributed by atoms with Crippen molar-refractivity contribution in [2.45, 2.75) is 0 Å². The summed E-state index contributed by atoms with van der Waals surface area (Å²) in [6.07, 6.45) is 0. The van der Waals surface area contributed by atoms with Crippen molar-refractivity contribution in [1.29, 1.82) is 5.26 Å². The molecule has 0 saturated heterocycles. The first kappa shape index (κ1) is 16.4. The van der Waals surface area contributed by atoms with Crippen LogP contribution in [0.2, 0.25) is 0 Å². The van der Waals surface area contributed by atoms with Crippen molar-refractivity contribution in [2.24, 2.45) is 0 Å². The van der Waals surface area contributed by atoms with Gasteiger partial charge in [-0.1, -0.05) is 36.4 Å². The van der Waals surface area contributed by atoms with Gasteiger partial charge < -0.3 is 10.1 Å². The molecule has 0 atom stereocenters. The number of nitrogens with zero attached hydrogens (tertiary/aromatic N) is 1. The van der Waals surface area contributed by atoms with Crippen molar-refractivity contribution >= 4 is 18.2 Å². The number of H-pyrrole nitrogens is 2. The third-order valence-corrected chi connectivity index (χ3v) is 3.88. The van der Waals surface area contributed by atoms with Crippen molar-refractivity contribution in [1.82, 2.24) is 9.97 Å². The Kier molecular flexibility index (Phi) is 4.29. The Bertz CT molecular complexity index is 1120. The summed E-state index contributed by atoms with van der Waals surface area (Å²) in [6.45, 7) is 0. The molecule has 0 spiro atoms. The highest BCUT2D eigenvalue weighted by molar-refractivity contribution is 7.71. The highest BCUT2D eigenvalue weighted by Gasteiger charge is 2.11. The molecule has 25 heavy (non-hydrogen) atoms. The van der Waals surface area contributed by atoms with Crippen LogP contribution in [-0.4, -0.2) is 21.0 Å². The summed E-state index contributed by atoms with van der Waals surface area (Å²) in [7, 11) is 0. The Morgan fingerprint density at radius 1 is 1.04 bits per heavy atom. The SMILES string of the molecule is N#Cc1c(-c2ccc(-c3cccc(C(=O)O)c3)cc2)[nH]c(=S)[nH]c1=O. The summed E-state index contributed by atoms with van der Waals surface area (Å²) < 4.78 is 0.136. The van der Waals surface area contributed by atoms with Crippen LogP contribution in [0.25, 0.3) is 22.4 Å². The third-order valence-electron chi connectivity index (χ3n) is 3.67. The fraction of sp³-hybridized carbons (Fsp3) is 0. The number of carboxylic acid groups (broad SMARTS) is 1. The third kappa shape index (κ3) is 3.24. The number of benzene rings is 2. The summed E-state index contributed by atoms with van der Waals surface area (Å²) in [5.74, 6) is -0.992. The van der Waals surface area contributed by atoms with Gasteiger partial charge in [-0.2, -0.15) is 5.26 Å². The summed E-state index contributed by atoms with van der Waals surface area (Å²) in [4.78, 5) is 28.1. The number of rotatable bonds is 3. The smallest absolute Gasteiger partial charge is 0.335 e. The van der Waals surface area contributed by atoms with Gasteiger partial charge in [0.25, 0.3) is 5.56 Å². The number of hydrogen-bond acceptors (Lipinski definition) is 4. The van der Waals surface area contributed by atoms with Crippen LogP contribution in [0.1, 0.15) is 15.9 Å². The zero-order chi connectivity index (χ0) is 18.0. The first-order valence-corrected chi connectivity index (χ1v) is 7.61. The van der Waals surface area contributed by atoms with Gasteiger partial charge in [0, 0.05) is 0 Å². The maximum atomic E-state index is 11.8. The quantitative estimate of drug-likeness (QED) is 0.628. The van der Waals surface area contributed by atoms with Gasteiger partial charge in [0.2, 0.25) is 0 Å². The molecule has 0 amide bonds. The van der Waals surface area contributed by atoms with E-state index in [1.54, 1.807) is 36.4 Å². The lowest BCUT2D eigenvalue weighted by Gasteiger charge is -2.07. The van der Waals surface area contributed by atoms with Gasteiger partial charge in [-0.3, -0.25) is 9.78 Å². The number of aromatic carboxylic acids is 1. The van der Waals surface area contributed by atoms with E-state index in [2.05, 4.69) is 9.97 Å². The molecular formula is C18H11N3O3S. The number of nitrogens with one attached hydrogen (secondary N) is 2. The number of aromatic amines is 2. The molecule has 0 aliphatic heterocycles. The molecule has 0 saturated carbocycles. The maximum absolute atomic E-state index is 11.8. The molecule has 6 nitrogen and oxygen atoms in total. The zero-order valence-electron chi connectivity index (χ0n) is 12.7. The topological polar surface area (TPSA) is 110 Å². The van der Waals surface area contributed by atoms with Crippen LogP contribution in [0, 0.1) is 16.1 Å². The van der Waals surface area contributed by atoms with Gasteiger partial charge in [0.15, 0.2) is 4.77 Å². The van der Waals surface area contributed by atoms with Gasteiger partial charge in [-0.25, -0.2) is 4.79 Å². The van der Waals surface area contributed by atoms with Gasteiger partial charge in [-0.15, -0.1) is 0 Å². The van der Waals surface area contributed by atoms with E-state index >= 15 is 0 Å². The van der Waals surface area contributed by atoms with Crippen LogP contribution in [0.3, 0.4) is 0 Å². The minimum atomic E-state index is -0.992. The van der Waals surface area contributed by atoms with E-state index in [4.69, 9.17) is 17.3 Å². The fourth-order valence-electron chi connectivity index (χ4n) is 2.47. The molecule has 0 unspecified atom stereocenters. The molecular weight excluding hydrogens is 338 g/mol. The Morgan fingerprint density at radius 3 is 2.36 bits per heavy atom. The Labute approximate surface area is 147 Å². The van der Waals surface area contributed by atoms with Crippen LogP contribution < -0.4 is 5.56 Å². The van der Waals surface area contributed by atoms with Gasteiger partial charge in [-0.05, 0) is 41.0 Å². The summed E-state index contributed by atoms with van der Waals surface area (Å²) >= 11 is 4.96. The van der Waals surface area contributed by atoms with Crippen LogP contribution in [0.5, 0.6) is 0 Å². The number of hydrogen-bond donors (Lipinski definition) is 3. The zero-order valence-corrected chi connectivity index (χ0v) is 13.6. The number of aromatic nitrogens is 2. The summed E-state index contributed by atoms with van der Waals surface area (Å²) in [5, 5.41) is 18.3. The second-order valence-corrected chi connectivity index (χ2v) is 5.64. The predicted molar refractivity (Wildman–Crippen MR) is 94.8 cm³/mol. The fourth-order valence-corrected chi connectivity index (χ4v) is 2.67. The second kappa shape index (κ2) is 6.55. The molecule has 0 fully saturated rings. The van der Waals surface area contributed by atoms with Gasteiger partial charge in [0.1, 0.15) is 11.6 Å². The first-order valence-electron chi connectivity index (χ1n) is 7.20. The highest BCUT2D eigenvalue weighted by atomic mass is 32.1. The van der Waals surface area contributed by atoms with E-state index < -0.39 is 11.5 Å². The molecule has 0 bridgehead atoms. The first-order chi connectivity index (χ1) is 12.0. The van der Waals surface area contributed by atoms with Crippen molar-refractivity contribution in [2.75, 3.05) is 0 Å². The van der Waals surface area contributed by atoms with E-state index in [1.807, 2.05) is 12.1 Å². The van der Waals surface area contributed by atoms with Crippen LogP contribution >= 0.6 is 12.2 Å². The predicted octanol–water partition coefficient (Wildman–Crippen LogP) is 3.34. The lowest BCUT2D eigenvalue weighted by Crippen LogP contribution is -2.13. The normalized spacial score (nSPS) is 10.2. The van der Waals surface area contributed by atoms with Crippen LogP contribution in [0.4, 0.5) is 0 Å². The molecule has 3 aromatic rings. The van der Waals surface area contributed by atoms with Gasteiger partial charge >= 0.3 is 5.97 Å². The molecule has 1 aromatic heterocycles. The van der Waals surface area contributed by atoms with Crippen molar-refractivity contribution in [3.05, 3.63) is 74.8 Å². The summed E-state index contributed by atoms with van der Waals surface area (Å²) in [5.41, 5.74) is 2.16. The molecule has 2 aromatic carbocycles. The average Bonchev–Trinajstić information content (AvgIpc) is 2.61. The molecule has 0 aliphatic carbocycles. The minimum absolute atomic E-state index is 0.0470. The molecule has 0 radical (unpaired) electrons. The van der Waals surface area contributed by atoms with Crippen molar-refractivity contribution in [3.8, 4) is 28.5 Å². The van der Waals surface area contributed by atoms with Crippen LogP contribution in [-0.2, 0) is 0 Å². The number of carbonyl (C=O) groups is 1.